The molecule has 0 saturated heterocycles. The molecule has 2 aromatic rings. The van der Waals surface area contributed by atoms with Crippen LogP contribution in [0.2, 0.25) is 0 Å². The summed E-state index contributed by atoms with van der Waals surface area (Å²) >= 11 is 1.54. The smallest absolute Gasteiger partial charge is 0.329 e. The second-order valence-corrected chi connectivity index (χ2v) is 8.44. The van der Waals surface area contributed by atoms with Crippen molar-refractivity contribution in [2.24, 2.45) is 5.92 Å². The third-order valence-corrected chi connectivity index (χ3v) is 5.60. The Hall–Kier alpha value is -3.00. The number of hydrogen-bond acceptors (Lipinski definition) is 6. The fraction of sp³-hybridized carbons (Fsp3) is 0.364. The maximum absolute atomic E-state index is 12.8. The SMILES string of the molecule is CC(C)CC(C(=O)OCC(=O)N(C)Cc1ccsc1)N1C(=O)c2ccccc2C1=O. The number of rotatable bonds is 8. The van der Waals surface area contributed by atoms with E-state index in [4.69, 9.17) is 4.74 Å². The number of benzene rings is 1. The monoisotopic (exact) mass is 428 g/mol. The van der Waals surface area contributed by atoms with E-state index in [-0.39, 0.29) is 29.4 Å². The maximum Gasteiger partial charge on any atom is 0.329 e. The molecular formula is C22H24N2O5S. The number of esters is 1. The van der Waals surface area contributed by atoms with Crippen LogP contribution in [-0.2, 0) is 20.9 Å². The lowest BCUT2D eigenvalue weighted by Gasteiger charge is -2.26. The number of fused-ring (bicyclic) bond motifs is 1. The van der Waals surface area contributed by atoms with Crippen LogP contribution >= 0.6 is 11.3 Å². The van der Waals surface area contributed by atoms with Crippen molar-refractivity contribution in [3.63, 3.8) is 0 Å². The number of likely N-dealkylation sites (N-methyl/N-ethyl adjacent to an activating group) is 1. The minimum Gasteiger partial charge on any atom is -0.454 e. The van der Waals surface area contributed by atoms with Crippen molar-refractivity contribution in [3.05, 3.63) is 57.8 Å². The van der Waals surface area contributed by atoms with Crippen LogP contribution in [-0.4, -0.2) is 53.2 Å². The molecule has 2 heterocycles. The van der Waals surface area contributed by atoms with Crippen molar-refractivity contribution in [2.45, 2.75) is 32.9 Å². The van der Waals surface area contributed by atoms with E-state index in [1.165, 1.54) is 16.2 Å². The van der Waals surface area contributed by atoms with E-state index in [9.17, 15) is 19.2 Å². The molecule has 1 aromatic heterocycles. The highest BCUT2D eigenvalue weighted by molar-refractivity contribution is 7.07. The number of carbonyl (C=O) groups is 4. The highest BCUT2D eigenvalue weighted by atomic mass is 32.1. The topological polar surface area (TPSA) is 84.0 Å². The van der Waals surface area contributed by atoms with E-state index in [0.29, 0.717) is 6.54 Å². The molecule has 158 valence electrons. The molecule has 1 aliphatic heterocycles. The zero-order valence-corrected chi connectivity index (χ0v) is 18.0. The average molecular weight is 429 g/mol. The van der Waals surface area contributed by atoms with E-state index in [1.807, 2.05) is 30.7 Å². The van der Waals surface area contributed by atoms with Crippen LogP contribution in [0.4, 0.5) is 0 Å². The Morgan fingerprint density at radius 2 is 1.73 bits per heavy atom. The van der Waals surface area contributed by atoms with Crippen molar-refractivity contribution in [1.82, 2.24) is 9.80 Å². The van der Waals surface area contributed by atoms with Gasteiger partial charge in [-0.05, 0) is 46.9 Å². The van der Waals surface area contributed by atoms with Crippen molar-refractivity contribution in [3.8, 4) is 0 Å². The number of amides is 3. The lowest BCUT2D eigenvalue weighted by atomic mass is 10.0. The molecule has 0 spiro atoms. The summed E-state index contributed by atoms with van der Waals surface area (Å²) in [6.07, 6.45) is 0.253. The van der Waals surface area contributed by atoms with Crippen LogP contribution in [0.5, 0.6) is 0 Å². The summed E-state index contributed by atoms with van der Waals surface area (Å²) < 4.78 is 5.24. The summed E-state index contributed by atoms with van der Waals surface area (Å²) in [6, 6.07) is 7.32. The van der Waals surface area contributed by atoms with Crippen LogP contribution in [0.1, 0.15) is 46.5 Å². The summed E-state index contributed by atoms with van der Waals surface area (Å²) in [5.74, 6) is -2.11. The number of thiophene rings is 1. The van der Waals surface area contributed by atoms with Crippen LogP contribution in [0, 0.1) is 5.92 Å². The Bertz CT molecular complexity index is 919. The van der Waals surface area contributed by atoms with Crippen LogP contribution in [0.3, 0.4) is 0 Å². The molecule has 1 aromatic carbocycles. The van der Waals surface area contributed by atoms with Crippen molar-refractivity contribution in [2.75, 3.05) is 13.7 Å². The van der Waals surface area contributed by atoms with Crippen LogP contribution in [0.25, 0.3) is 0 Å². The second-order valence-electron chi connectivity index (χ2n) is 7.66. The average Bonchev–Trinajstić information content (AvgIpc) is 3.31. The van der Waals surface area contributed by atoms with Crippen molar-refractivity contribution < 1.29 is 23.9 Å². The molecule has 3 rings (SSSR count). The molecule has 7 nitrogen and oxygen atoms in total. The van der Waals surface area contributed by atoms with Crippen molar-refractivity contribution in [1.29, 1.82) is 0 Å². The maximum atomic E-state index is 12.8. The summed E-state index contributed by atoms with van der Waals surface area (Å²) in [5.41, 5.74) is 1.54. The van der Waals surface area contributed by atoms with Gasteiger partial charge in [-0.15, -0.1) is 0 Å². The third kappa shape index (κ3) is 4.59. The number of ether oxygens (including phenoxy) is 1. The highest BCUT2D eigenvalue weighted by Gasteiger charge is 2.43. The lowest BCUT2D eigenvalue weighted by molar-refractivity contribution is -0.155. The van der Waals surface area contributed by atoms with Gasteiger partial charge in [-0.3, -0.25) is 19.3 Å². The molecule has 0 aliphatic carbocycles. The van der Waals surface area contributed by atoms with Gasteiger partial charge in [-0.1, -0.05) is 26.0 Å². The Morgan fingerprint density at radius 3 is 2.27 bits per heavy atom. The summed E-state index contributed by atoms with van der Waals surface area (Å²) in [6.45, 7) is 3.74. The normalized spacial score (nSPS) is 14.1. The zero-order chi connectivity index (χ0) is 21.8. The molecule has 8 heteroatoms. The first-order chi connectivity index (χ1) is 14.3. The standard InChI is InChI=1S/C22H24N2O5S/c1-14(2)10-18(24-20(26)16-6-4-5-7-17(16)21(24)27)22(28)29-12-19(25)23(3)11-15-8-9-30-13-15/h4-9,13-14,18H,10-12H2,1-3H3. The molecule has 1 atom stereocenters. The van der Waals surface area contributed by atoms with Gasteiger partial charge in [-0.25, -0.2) is 4.79 Å². The first kappa shape index (κ1) is 21.7. The van der Waals surface area contributed by atoms with Crippen molar-refractivity contribution >= 4 is 35.0 Å². The molecule has 0 fully saturated rings. The molecular weight excluding hydrogens is 404 g/mol. The minimum absolute atomic E-state index is 0.0313. The van der Waals surface area contributed by atoms with E-state index in [1.54, 1.807) is 31.3 Å². The Morgan fingerprint density at radius 1 is 1.10 bits per heavy atom. The summed E-state index contributed by atoms with van der Waals surface area (Å²) in [7, 11) is 1.63. The third-order valence-electron chi connectivity index (χ3n) is 4.87. The Balaban J connectivity index is 1.68. The van der Waals surface area contributed by atoms with E-state index in [0.717, 1.165) is 10.5 Å². The van der Waals surface area contributed by atoms with Gasteiger partial charge in [0.1, 0.15) is 6.04 Å². The molecule has 30 heavy (non-hydrogen) atoms. The van der Waals surface area contributed by atoms with Gasteiger partial charge in [0.25, 0.3) is 17.7 Å². The largest absolute Gasteiger partial charge is 0.454 e. The van der Waals surface area contributed by atoms with Gasteiger partial charge in [0.05, 0.1) is 11.1 Å². The quantitative estimate of drug-likeness (QED) is 0.477. The fourth-order valence-corrected chi connectivity index (χ4v) is 3.99. The highest BCUT2D eigenvalue weighted by Crippen LogP contribution is 2.27. The van der Waals surface area contributed by atoms with Crippen LogP contribution in [0.15, 0.2) is 41.1 Å². The first-order valence-corrected chi connectivity index (χ1v) is 10.6. The van der Waals surface area contributed by atoms with Gasteiger partial charge in [0.15, 0.2) is 6.61 Å². The molecule has 0 N–H and O–H groups in total. The number of carbonyl (C=O) groups excluding carboxylic acids is 4. The molecule has 0 radical (unpaired) electrons. The van der Waals surface area contributed by atoms with Crippen LogP contribution < -0.4 is 0 Å². The minimum atomic E-state index is -1.08. The number of hydrogen-bond donors (Lipinski definition) is 0. The van der Waals surface area contributed by atoms with Gasteiger partial charge < -0.3 is 9.64 Å². The van der Waals surface area contributed by atoms with Gasteiger partial charge in [0, 0.05) is 13.6 Å². The first-order valence-electron chi connectivity index (χ1n) is 9.68. The molecule has 3 amide bonds. The molecule has 1 aliphatic rings. The Kier molecular flexibility index (Phi) is 6.66. The summed E-state index contributed by atoms with van der Waals surface area (Å²) in [5, 5.41) is 3.86. The predicted molar refractivity (Wildman–Crippen MR) is 112 cm³/mol. The number of imide groups is 1. The van der Waals surface area contributed by atoms with E-state index in [2.05, 4.69) is 0 Å². The molecule has 0 bridgehead atoms. The second kappa shape index (κ2) is 9.21. The van der Waals surface area contributed by atoms with E-state index >= 15 is 0 Å². The predicted octanol–water partition coefficient (Wildman–Crippen LogP) is 2.96. The molecule has 0 saturated carbocycles. The Labute approximate surface area is 179 Å². The fourth-order valence-electron chi connectivity index (χ4n) is 3.33. The zero-order valence-electron chi connectivity index (χ0n) is 17.2. The van der Waals surface area contributed by atoms with Gasteiger partial charge >= 0.3 is 5.97 Å². The number of nitrogens with zero attached hydrogens (tertiary/aromatic N) is 2. The van der Waals surface area contributed by atoms with Gasteiger partial charge in [0.2, 0.25) is 0 Å². The lowest BCUT2D eigenvalue weighted by Crippen LogP contribution is -2.47. The molecule has 1 unspecified atom stereocenters. The summed E-state index contributed by atoms with van der Waals surface area (Å²) in [4.78, 5) is 53.2. The van der Waals surface area contributed by atoms with Gasteiger partial charge in [-0.2, -0.15) is 11.3 Å². The van der Waals surface area contributed by atoms with E-state index < -0.39 is 30.4 Å².